The highest BCUT2D eigenvalue weighted by molar-refractivity contribution is 6.19. The van der Waals surface area contributed by atoms with Gasteiger partial charge >= 0.3 is 0 Å². The molecule has 0 unspecified atom stereocenters. The summed E-state index contributed by atoms with van der Waals surface area (Å²) >= 11 is 0. The first kappa shape index (κ1) is 22.4. The van der Waals surface area contributed by atoms with Gasteiger partial charge in [-0.05, 0) is 24.3 Å². The monoisotopic (exact) mass is 514 g/mol. The summed E-state index contributed by atoms with van der Waals surface area (Å²) < 4.78 is 8.63. The zero-order chi connectivity index (χ0) is 26.5. The fourth-order valence-corrected chi connectivity index (χ4v) is 5.42. The maximum absolute atomic E-state index is 6.44. The van der Waals surface area contributed by atoms with Crippen molar-refractivity contribution in [2.75, 3.05) is 0 Å². The van der Waals surface area contributed by atoms with E-state index in [0.29, 0.717) is 17.5 Å². The molecule has 0 saturated heterocycles. The van der Waals surface area contributed by atoms with Crippen LogP contribution in [-0.4, -0.2) is 19.5 Å². The van der Waals surface area contributed by atoms with Crippen molar-refractivity contribution in [2.24, 2.45) is 0 Å². The summed E-state index contributed by atoms with van der Waals surface area (Å²) in [6, 6.07) is 45.0. The average molecular weight is 515 g/mol. The Balaban J connectivity index is 1.35. The predicted molar refractivity (Wildman–Crippen MR) is 160 cm³/mol. The smallest absolute Gasteiger partial charge is 0.213 e. The van der Waals surface area contributed by atoms with Gasteiger partial charge in [0.2, 0.25) is 5.71 Å². The minimum Gasteiger partial charge on any atom is -0.439 e. The second-order valence-electron chi connectivity index (χ2n) is 9.72. The highest BCUT2D eigenvalue weighted by Gasteiger charge is 2.19. The van der Waals surface area contributed by atoms with Crippen molar-refractivity contribution in [3.63, 3.8) is 0 Å². The Morgan fingerprint density at radius 1 is 0.475 bits per heavy atom. The zero-order valence-electron chi connectivity index (χ0n) is 21.4. The van der Waals surface area contributed by atoms with Crippen molar-refractivity contribution in [1.29, 1.82) is 0 Å². The van der Waals surface area contributed by atoms with Gasteiger partial charge in [-0.3, -0.25) is 4.57 Å². The van der Waals surface area contributed by atoms with E-state index < -0.39 is 0 Å². The van der Waals surface area contributed by atoms with Crippen LogP contribution in [0.3, 0.4) is 0 Å². The van der Waals surface area contributed by atoms with Crippen LogP contribution < -0.4 is 0 Å². The van der Waals surface area contributed by atoms with Gasteiger partial charge < -0.3 is 4.42 Å². The lowest BCUT2D eigenvalue weighted by molar-refractivity contribution is 0.645. The molecule has 0 spiro atoms. The largest absolute Gasteiger partial charge is 0.439 e. The third-order valence-corrected chi connectivity index (χ3v) is 7.26. The molecule has 0 radical (unpaired) electrons. The number of hydrogen-bond acceptors (Lipinski definition) is 4. The van der Waals surface area contributed by atoms with Crippen molar-refractivity contribution in [2.45, 2.75) is 0 Å². The van der Waals surface area contributed by atoms with Crippen LogP contribution >= 0.6 is 0 Å². The molecule has 0 saturated carbocycles. The Labute approximate surface area is 230 Å². The number of aromatic nitrogens is 4. The van der Waals surface area contributed by atoms with Crippen LogP contribution in [0.2, 0.25) is 0 Å². The van der Waals surface area contributed by atoms with Gasteiger partial charge in [0.25, 0.3) is 0 Å². The standard InChI is InChI=1S/C35H22N4O/c1-3-12-23(13-4-1)32-36-33(24-14-5-2-6-15-24)38-34(37-32)25-16-11-17-26(22-25)39-29-20-9-7-18-27(29)31-28-19-8-10-21-30(28)40-35(31)39/h1-22H. The van der Waals surface area contributed by atoms with Crippen LogP contribution in [0.5, 0.6) is 0 Å². The number of rotatable bonds is 4. The lowest BCUT2D eigenvalue weighted by atomic mass is 10.1. The van der Waals surface area contributed by atoms with E-state index in [4.69, 9.17) is 19.4 Å². The SMILES string of the molecule is c1ccc(-c2nc(-c3ccccc3)nc(-c3cccc(-n4c5ccccc5c5c6ccccc6oc54)c3)n2)cc1. The molecule has 0 aliphatic rings. The van der Waals surface area contributed by atoms with Gasteiger partial charge in [-0.2, -0.15) is 0 Å². The summed E-state index contributed by atoms with van der Waals surface area (Å²) in [5.74, 6) is 1.90. The average Bonchev–Trinajstić information content (AvgIpc) is 3.56. The zero-order valence-corrected chi connectivity index (χ0v) is 21.4. The number of para-hydroxylation sites is 2. The minimum absolute atomic E-state index is 0.617. The van der Waals surface area contributed by atoms with Crippen molar-refractivity contribution >= 4 is 33.0 Å². The Morgan fingerprint density at radius 2 is 1.02 bits per heavy atom. The van der Waals surface area contributed by atoms with Gasteiger partial charge in [0.05, 0.1) is 10.9 Å². The second-order valence-corrected chi connectivity index (χ2v) is 9.72. The molecule has 0 aliphatic carbocycles. The molecular formula is C35H22N4O. The Kier molecular flexibility index (Phi) is 5.07. The first-order chi connectivity index (χ1) is 19.8. The third-order valence-electron chi connectivity index (χ3n) is 7.26. The summed E-state index contributed by atoms with van der Waals surface area (Å²) in [5, 5.41) is 3.39. The summed E-state index contributed by atoms with van der Waals surface area (Å²) in [6.07, 6.45) is 0. The van der Waals surface area contributed by atoms with Crippen LogP contribution in [0.25, 0.3) is 72.8 Å². The van der Waals surface area contributed by atoms with Gasteiger partial charge in [-0.25, -0.2) is 15.0 Å². The molecule has 40 heavy (non-hydrogen) atoms. The molecular weight excluding hydrogens is 492 g/mol. The molecule has 5 nitrogen and oxygen atoms in total. The van der Waals surface area contributed by atoms with E-state index >= 15 is 0 Å². The summed E-state index contributed by atoms with van der Waals surface area (Å²) in [6.45, 7) is 0. The maximum Gasteiger partial charge on any atom is 0.213 e. The number of benzene rings is 5. The van der Waals surface area contributed by atoms with E-state index in [0.717, 1.165) is 55.3 Å². The van der Waals surface area contributed by atoms with E-state index in [9.17, 15) is 0 Å². The first-order valence-corrected chi connectivity index (χ1v) is 13.2. The highest BCUT2D eigenvalue weighted by atomic mass is 16.3. The van der Waals surface area contributed by atoms with Gasteiger partial charge in [0.15, 0.2) is 17.5 Å². The van der Waals surface area contributed by atoms with Gasteiger partial charge in [0, 0.05) is 33.2 Å². The topological polar surface area (TPSA) is 56.7 Å². The molecule has 0 atom stereocenters. The van der Waals surface area contributed by atoms with E-state index in [2.05, 4.69) is 53.1 Å². The number of nitrogens with zero attached hydrogens (tertiary/aromatic N) is 4. The van der Waals surface area contributed by atoms with Crippen LogP contribution in [-0.2, 0) is 0 Å². The molecule has 3 heterocycles. The lowest BCUT2D eigenvalue weighted by Gasteiger charge is -2.10. The number of hydrogen-bond donors (Lipinski definition) is 0. The molecule has 0 bridgehead atoms. The molecule has 0 aliphatic heterocycles. The van der Waals surface area contributed by atoms with Crippen molar-refractivity contribution in [3.05, 3.63) is 133 Å². The van der Waals surface area contributed by atoms with Gasteiger partial charge in [-0.15, -0.1) is 0 Å². The second kappa shape index (κ2) is 9.03. The Morgan fingerprint density at radius 3 is 1.73 bits per heavy atom. The molecule has 0 fully saturated rings. The van der Waals surface area contributed by atoms with Crippen molar-refractivity contribution < 1.29 is 4.42 Å². The third kappa shape index (κ3) is 3.60. The molecule has 8 rings (SSSR count). The Bertz CT molecular complexity index is 2100. The summed E-state index contributed by atoms with van der Waals surface area (Å²) in [4.78, 5) is 14.7. The summed E-state index contributed by atoms with van der Waals surface area (Å²) in [5.41, 5.74) is 6.55. The Hall–Kier alpha value is -5.55. The number of furan rings is 1. The molecule has 188 valence electrons. The van der Waals surface area contributed by atoms with Crippen LogP contribution in [0.15, 0.2) is 138 Å². The molecule has 0 N–H and O–H groups in total. The van der Waals surface area contributed by atoms with Crippen molar-refractivity contribution in [3.8, 4) is 39.9 Å². The summed E-state index contributed by atoms with van der Waals surface area (Å²) in [7, 11) is 0. The quantitative estimate of drug-likeness (QED) is 0.236. The number of fused-ring (bicyclic) bond motifs is 5. The van der Waals surface area contributed by atoms with E-state index in [1.54, 1.807) is 0 Å². The van der Waals surface area contributed by atoms with Gasteiger partial charge in [-0.1, -0.05) is 109 Å². The predicted octanol–water partition coefficient (Wildman–Crippen LogP) is 8.72. The van der Waals surface area contributed by atoms with Crippen molar-refractivity contribution in [1.82, 2.24) is 19.5 Å². The lowest BCUT2D eigenvalue weighted by Crippen LogP contribution is -2.01. The van der Waals surface area contributed by atoms with Crippen LogP contribution in [0.4, 0.5) is 0 Å². The highest BCUT2D eigenvalue weighted by Crippen LogP contribution is 2.39. The molecule has 8 aromatic rings. The molecule has 5 aromatic carbocycles. The van der Waals surface area contributed by atoms with E-state index in [-0.39, 0.29) is 0 Å². The van der Waals surface area contributed by atoms with E-state index in [1.165, 1.54) is 0 Å². The molecule has 0 amide bonds. The first-order valence-electron chi connectivity index (χ1n) is 13.2. The maximum atomic E-state index is 6.44. The molecule has 3 aromatic heterocycles. The van der Waals surface area contributed by atoms with Crippen LogP contribution in [0.1, 0.15) is 0 Å². The van der Waals surface area contributed by atoms with E-state index in [1.807, 2.05) is 84.9 Å². The fourth-order valence-electron chi connectivity index (χ4n) is 5.42. The van der Waals surface area contributed by atoms with Gasteiger partial charge in [0.1, 0.15) is 5.58 Å². The minimum atomic E-state index is 0.617. The fraction of sp³-hybridized carbons (Fsp3) is 0. The normalized spacial score (nSPS) is 11.5. The van der Waals surface area contributed by atoms with Crippen LogP contribution in [0, 0.1) is 0 Å². The molecule has 5 heteroatoms.